The third kappa shape index (κ3) is 4.79. The lowest BCUT2D eigenvalue weighted by Gasteiger charge is -2.26. The van der Waals surface area contributed by atoms with Crippen molar-refractivity contribution in [2.24, 2.45) is 0 Å². The van der Waals surface area contributed by atoms with Crippen LogP contribution < -0.4 is 9.47 Å². The van der Waals surface area contributed by atoms with Gasteiger partial charge in [0.25, 0.3) is 0 Å². The van der Waals surface area contributed by atoms with E-state index in [0.717, 1.165) is 12.8 Å². The third-order valence-corrected chi connectivity index (χ3v) is 6.74. The number of para-hydroxylation sites is 2. The number of nitrogens with zero attached hydrogens (tertiary/aromatic N) is 4. The fourth-order valence-electron chi connectivity index (χ4n) is 3.92. The lowest BCUT2D eigenvalue weighted by atomic mass is 10.2. The molecule has 1 aromatic heterocycles. The number of aromatic nitrogens is 3. The summed E-state index contributed by atoms with van der Waals surface area (Å²) in [4.78, 5) is 14.9. The van der Waals surface area contributed by atoms with Gasteiger partial charge in [-0.05, 0) is 31.0 Å². The number of amides is 1. The lowest BCUT2D eigenvalue weighted by Crippen LogP contribution is -2.34. The maximum Gasteiger partial charge on any atom is 0.233 e. The molecule has 1 aliphatic heterocycles. The largest absolute Gasteiger partial charge is 0.485 e. The summed E-state index contributed by atoms with van der Waals surface area (Å²) in [5, 5.41) is 9.27. The molecule has 3 aromatic rings. The number of ether oxygens (including phenoxy) is 2. The van der Waals surface area contributed by atoms with Crippen LogP contribution >= 0.6 is 11.8 Å². The Morgan fingerprint density at radius 1 is 1.18 bits per heavy atom. The van der Waals surface area contributed by atoms with Gasteiger partial charge in [0.2, 0.25) is 5.91 Å². The molecule has 176 valence electrons. The van der Waals surface area contributed by atoms with Crippen LogP contribution in [0.4, 0.5) is 4.39 Å². The zero-order chi connectivity index (χ0) is 23.5. The third-order valence-electron chi connectivity index (χ3n) is 5.78. The van der Waals surface area contributed by atoms with Crippen LogP contribution in [0, 0.1) is 5.82 Å². The van der Waals surface area contributed by atoms with Gasteiger partial charge in [-0.15, -0.1) is 16.8 Å². The molecule has 0 spiro atoms. The van der Waals surface area contributed by atoms with Crippen molar-refractivity contribution in [1.82, 2.24) is 19.7 Å². The molecule has 7 nitrogen and oxygen atoms in total. The fourth-order valence-corrected chi connectivity index (χ4v) is 4.76. The highest BCUT2D eigenvalue weighted by Crippen LogP contribution is 2.36. The van der Waals surface area contributed by atoms with Crippen LogP contribution in [0.5, 0.6) is 11.5 Å². The van der Waals surface area contributed by atoms with Gasteiger partial charge in [0.05, 0.1) is 5.75 Å². The van der Waals surface area contributed by atoms with Gasteiger partial charge in [0.1, 0.15) is 12.4 Å². The first kappa shape index (κ1) is 22.5. The average molecular weight is 481 g/mol. The summed E-state index contributed by atoms with van der Waals surface area (Å²) in [6, 6.07) is 14.3. The maximum absolute atomic E-state index is 14.2. The van der Waals surface area contributed by atoms with Crippen LogP contribution in [0.3, 0.4) is 0 Å². The van der Waals surface area contributed by atoms with Crippen molar-refractivity contribution in [1.29, 1.82) is 0 Å². The first-order valence-corrected chi connectivity index (χ1v) is 12.2. The lowest BCUT2D eigenvalue weighted by molar-refractivity contribution is -0.129. The minimum absolute atomic E-state index is 0.0448. The summed E-state index contributed by atoms with van der Waals surface area (Å²) in [5.74, 6) is 1.82. The SMILES string of the molecule is C=CCn1c(SCC(=O)N(Cc2ccccc2F)C2CC2)nnc1[C@H]1COc2ccccc2O1. The highest BCUT2D eigenvalue weighted by Gasteiger charge is 2.33. The van der Waals surface area contributed by atoms with Gasteiger partial charge < -0.3 is 14.4 Å². The Bertz CT molecular complexity index is 1200. The highest BCUT2D eigenvalue weighted by atomic mass is 32.2. The molecular formula is C25H25FN4O3S. The quantitative estimate of drug-likeness (QED) is 0.334. The second-order valence-electron chi connectivity index (χ2n) is 8.24. The maximum atomic E-state index is 14.2. The van der Waals surface area contributed by atoms with E-state index in [9.17, 15) is 9.18 Å². The topological polar surface area (TPSA) is 69.5 Å². The molecule has 2 heterocycles. The van der Waals surface area contributed by atoms with Gasteiger partial charge in [-0.1, -0.05) is 48.2 Å². The van der Waals surface area contributed by atoms with Crippen LogP contribution in [-0.2, 0) is 17.9 Å². The predicted octanol–water partition coefficient (Wildman–Crippen LogP) is 4.40. The van der Waals surface area contributed by atoms with E-state index in [-0.39, 0.29) is 30.1 Å². The average Bonchev–Trinajstić information content (AvgIpc) is 3.62. The molecule has 1 saturated carbocycles. The van der Waals surface area contributed by atoms with Crippen LogP contribution in [0.1, 0.15) is 30.3 Å². The molecule has 9 heteroatoms. The van der Waals surface area contributed by atoms with E-state index in [1.165, 1.54) is 17.8 Å². The molecule has 2 aromatic carbocycles. The Balaban J connectivity index is 1.29. The molecule has 0 bridgehead atoms. The smallest absolute Gasteiger partial charge is 0.233 e. The van der Waals surface area contributed by atoms with Gasteiger partial charge in [-0.3, -0.25) is 9.36 Å². The predicted molar refractivity (Wildman–Crippen MR) is 126 cm³/mol. The van der Waals surface area contributed by atoms with Crippen molar-refractivity contribution < 1.29 is 18.7 Å². The van der Waals surface area contributed by atoms with E-state index < -0.39 is 6.10 Å². The molecule has 0 saturated heterocycles. The molecule has 1 aliphatic carbocycles. The van der Waals surface area contributed by atoms with Crippen molar-refractivity contribution in [3.8, 4) is 11.5 Å². The van der Waals surface area contributed by atoms with E-state index in [2.05, 4.69) is 16.8 Å². The van der Waals surface area contributed by atoms with Crippen molar-refractivity contribution >= 4 is 17.7 Å². The monoisotopic (exact) mass is 480 g/mol. The number of fused-ring (bicyclic) bond motifs is 1. The molecule has 0 N–H and O–H groups in total. The molecule has 5 rings (SSSR count). The van der Waals surface area contributed by atoms with E-state index in [1.54, 1.807) is 29.2 Å². The number of hydrogen-bond donors (Lipinski definition) is 0. The van der Waals surface area contributed by atoms with Crippen molar-refractivity contribution in [3.05, 3.63) is 78.4 Å². The molecule has 0 unspecified atom stereocenters. The Morgan fingerprint density at radius 3 is 2.71 bits per heavy atom. The zero-order valence-electron chi connectivity index (χ0n) is 18.6. The van der Waals surface area contributed by atoms with Crippen LogP contribution in [0.15, 0.2) is 66.3 Å². The Labute approximate surface area is 201 Å². The molecule has 34 heavy (non-hydrogen) atoms. The van der Waals surface area contributed by atoms with Crippen molar-refractivity contribution in [3.63, 3.8) is 0 Å². The summed E-state index contributed by atoms with van der Waals surface area (Å²) in [6.45, 7) is 4.90. The van der Waals surface area contributed by atoms with Gasteiger partial charge in [0.15, 0.2) is 28.6 Å². The normalized spacial score (nSPS) is 16.8. The number of benzene rings is 2. The van der Waals surface area contributed by atoms with Crippen LogP contribution in [0.2, 0.25) is 0 Å². The Hall–Kier alpha value is -3.33. The molecule has 2 aliphatic rings. The second-order valence-corrected chi connectivity index (χ2v) is 9.18. The summed E-state index contributed by atoms with van der Waals surface area (Å²) in [6.07, 6.45) is 3.23. The van der Waals surface area contributed by atoms with Crippen molar-refractivity contribution in [2.75, 3.05) is 12.4 Å². The van der Waals surface area contributed by atoms with Gasteiger partial charge in [-0.25, -0.2) is 4.39 Å². The fraction of sp³-hybridized carbons (Fsp3) is 0.320. The second kappa shape index (κ2) is 9.89. The molecule has 1 amide bonds. The van der Waals surface area contributed by atoms with Gasteiger partial charge in [-0.2, -0.15) is 0 Å². The van der Waals surface area contributed by atoms with Crippen LogP contribution in [0.25, 0.3) is 0 Å². The number of allylic oxidation sites excluding steroid dienone is 1. The van der Waals surface area contributed by atoms with E-state index in [4.69, 9.17) is 9.47 Å². The first-order chi connectivity index (χ1) is 16.6. The Morgan fingerprint density at radius 2 is 1.94 bits per heavy atom. The molecule has 1 fully saturated rings. The zero-order valence-corrected chi connectivity index (χ0v) is 19.4. The van der Waals surface area contributed by atoms with Gasteiger partial charge in [0, 0.05) is 24.7 Å². The molecule has 0 radical (unpaired) electrons. The summed E-state index contributed by atoms with van der Waals surface area (Å²) in [5.41, 5.74) is 0.527. The van der Waals surface area contributed by atoms with E-state index >= 15 is 0 Å². The number of carbonyl (C=O) groups is 1. The minimum atomic E-state index is -0.420. The number of thioether (sulfide) groups is 1. The van der Waals surface area contributed by atoms with Gasteiger partial charge >= 0.3 is 0 Å². The summed E-state index contributed by atoms with van der Waals surface area (Å²) in [7, 11) is 0. The molecule has 1 atom stereocenters. The number of rotatable bonds is 9. The van der Waals surface area contributed by atoms with E-state index in [0.29, 0.717) is 41.2 Å². The molecular weight excluding hydrogens is 455 g/mol. The standard InChI is InChI=1S/C25H25FN4O3S/c1-2-13-29-24(22-15-32-20-9-5-6-10-21(20)33-22)27-28-25(29)34-16-23(31)30(18-11-12-18)14-17-7-3-4-8-19(17)26/h2-10,18,22H,1,11-16H2/t22-/m1/s1. The van der Waals surface area contributed by atoms with Crippen LogP contribution in [-0.4, -0.2) is 44.0 Å². The first-order valence-electron chi connectivity index (χ1n) is 11.2. The summed E-state index contributed by atoms with van der Waals surface area (Å²) < 4.78 is 28.0. The number of halogens is 1. The highest BCUT2D eigenvalue weighted by molar-refractivity contribution is 7.99. The summed E-state index contributed by atoms with van der Waals surface area (Å²) >= 11 is 1.31. The minimum Gasteiger partial charge on any atom is -0.485 e. The van der Waals surface area contributed by atoms with E-state index in [1.807, 2.05) is 28.8 Å². The Kier molecular flexibility index (Phi) is 6.53. The van der Waals surface area contributed by atoms with Crippen molar-refractivity contribution in [2.45, 2.75) is 43.2 Å². The number of hydrogen-bond acceptors (Lipinski definition) is 6. The number of carbonyl (C=O) groups excluding carboxylic acids is 1.